The molecule has 0 aliphatic heterocycles. The molecule has 1 saturated carbocycles. The van der Waals surface area contributed by atoms with Crippen LogP contribution in [-0.4, -0.2) is 18.4 Å². The largest absolute Gasteiger partial charge is 0.356 e. The van der Waals surface area contributed by atoms with Gasteiger partial charge in [-0.1, -0.05) is 23.3 Å². The zero-order chi connectivity index (χ0) is 17.8. The molecule has 0 heterocycles. The minimum Gasteiger partial charge on any atom is -0.356 e. The molecule has 4 nitrogen and oxygen atoms in total. The van der Waals surface area contributed by atoms with E-state index >= 15 is 0 Å². The summed E-state index contributed by atoms with van der Waals surface area (Å²) in [7, 11) is 0. The summed E-state index contributed by atoms with van der Waals surface area (Å²) in [6.07, 6.45) is 8.48. The highest BCUT2D eigenvalue weighted by atomic mass is 35.5. The van der Waals surface area contributed by atoms with E-state index < -0.39 is 5.82 Å². The lowest BCUT2D eigenvalue weighted by Gasteiger charge is -2.13. The fraction of sp³-hybridized carbons (Fsp3) is 0.474. The standard InChI is InChI=1S/C19H22ClFN2O2/c20-16-10-13(6-7-17(16)21)23-19(25)15-11-14(15)18(24)22-9-8-12-4-2-1-3-5-12/h4,6-7,10,14-15H,1-3,5,8-9,11H2,(H,22,24)(H,23,25). The number of halogens is 2. The Hall–Kier alpha value is -1.88. The molecule has 0 saturated heterocycles. The summed E-state index contributed by atoms with van der Waals surface area (Å²) >= 11 is 5.70. The van der Waals surface area contributed by atoms with E-state index in [-0.39, 0.29) is 28.7 Å². The molecule has 0 spiro atoms. The van der Waals surface area contributed by atoms with E-state index in [4.69, 9.17) is 11.6 Å². The van der Waals surface area contributed by atoms with Crippen LogP contribution in [0.3, 0.4) is 0 Å². The molecule has 1 aromatic carbocycles. The predicted molar refractivity (Wildman–Crippen MR) is 95.8 cm³/mol. The van der Waals surface area contributed by atoms with Gasteiger partial charge in [-0.2, -0.15) is 0 Å². The second-order valence-electron chi connectivity index (χ2n) is 6.72. The van der Waals surface area contributed by atoms with Gasteiger partial charge in [0.15, 0.2) is 0 Å². The number of nitrogens with one attached hydrogen (secondary N) is 2. The Morgan fingerprint density at radius 2 is 2.00 bits per heavy atom. The van der Waals surface area contributed by atoms with Gasteiger partial charge in [0.2, 0.25) is 11.8 Å². The zero-order valence-corrected chi connectivity index (χ0v) is 14.7. The molecule has 2 amide bonds. The first-order chi connectivity index (χ1) is 12.0. The van der Waals surface area contributed by atoms with Crippen LogP contribution in [0.5, 0.6) is 0 Å². The molecule has 1 aromatic rings. The molecule has 3 rings (SSSR count). The molecule has 2 N–H and O–H groups in total. The summed E-state index contributed by atoms with van der Waals surface area (Å²) in [4.78, 5) is 24.3. The zero-order valence-electron chi connectivity index (χ0n) is 14.0. The van der Waals surface area contributed by atoms with Gasteiger partial charge < -0.3 is 10.6 Å². The molecule has 134 valence electrons. The molecule has 0 bridgehead atoms. The van der Waals surface area contributed by atoms with Gasteiger partial charge in [-0.15, -0.1) is 0 Å². The van der Waals surface area contributed by atoms with E-state index in [0.29, 0.717) is 18.7 Å². The van der Waals surface area contributed by atoms with Crippen molar-refractivity contribution in [2.75, 3.05) is 11.9 Å². The quantitative estimate of drug-likeness (QED) is 0.748. The van der Waals surface area contributed by atoms with E-state index in [0.717, 1.165) is 19.3 Å². The third-order valence-electron chi connectivity index (χ3n) is 4.78. The molecule has 1 fully saturated rings. The van der Waals surface area contributed by atoms with Crippen molar-refractivity contribution in [3.05, 3.63) is 40.7 Å². The minimum atomic E-state index is -0.531. The summed E-state index contributed by atoms with van der Waals surface area (Å²) in [5.41, 5.74) is 1.86. The van der Waals surface area contributed by atoms with Crippen molar-refractivity contribution in [3.8, 4) is 0 Å². The maximum absolute atomic E-state index is 13.1. The average Bonchev–Trinajstić information content (AvgIpc) is 3.40. The number of benzene rings is 1. The number of hydrogen-bond acceptors (Lipinski definition) is 2. The molecule has 2 aliphatic carbocycles. The first-order valence-corrected chi connectivity index (χ1v) is 9.14. The van der Waals surface area contributed by atoms with Gasteiger partial charge in [0.05, 0.1) is 16.9 Å². The fourth-order valence-electron chi connectivity index (χ4n) is 3.19. The van der Waals surface area contributed by atoms with Crippen molar-refractivity contribution in [3.63, 3.8) is 0 Å². The van der Waals surface area contributed by atoms with E-state index in [1.165, 1.54) is 36.6 Å². The van der Waals surface area contributed by atoms with Crippen LogP contribution in [0.4, 0.5) is 10.1 Å². The van der Waals surface area contributed by atoms with Crippen LogP contribution in [0.25, 0.3) is 0 Å². The molecule has 0 radical (unpaired) electrons. The van der Waals surface area contributed by atoms with E-state index in [2.05, 4.69) is 16.7 Å². The summed E-state index contributed by atoms with van der Waals surface area (Å²) in [6, 6.07) is 4.02. The third kappa shape index (κ3) is 4.82. The van der Waals surface area contributed by atoms with Crippen LogP contribution in [0, 0.1) is 17.7 Å². The Morgan fingerprint density at radius 3 is 2.72 bits per heavy atom. The van der Waals surface area contributed by atoms with Crippen molar-refractivity contribution >= 4 is 29.1 Å². The van der Waals surface area contributed by atoms with Crippen LogP contribution >= 0.6 is 11.6 Å². The summed E-state index contributed by atoms with van der Waals surface area (Å²) in [6.45, 7) is 0.628. The van der Waals surface area contributed by atoms with Gasteiger partial charge in [0.1, 0.15) is 5.82 Å². The van der Waals surface area contributed by atoms with E-state index in [1.54, 1.807) is 0 Å². The van der Waals surface area contributed by atoms with Crippen molar-refractivity contribution in [1.82, 2.24) is 5.32 Å². The number of anilines is 1. The number of carbonyl (C=O) groups excluding carboxylic acids is 2. The Bertz CT molecular complexity index is 705. The topological polar surface area (TPSA) is 58.2 Å². The molecule has 2 aliphatic rings. The molecule has 0 aromatic heterocycles. The maximum atomic E-state index is 13.1. The van der Waals surface area contributed by atoms with Crippen molar-refractivity contribution in [2.45, 2.75) is 38.5 Å². The second-order valence-corrected chi connectivity index (χ2v) is 7.12. The number of hydrogen-bond donors (Lipinski definition) is 2. The number of allylic oxidation sites excluding steroid dienone is 1. The first-order valence-electron chi connectivity index (χ1n) is 8.76. The number of carbonyl (C=O) groups is 2. The lowest BCUT2D eigenvalue weighted by atomic mass is 9.97. The summed E-state index contributed by atoms with van der Waals surface area (Å²) in [5, 5.41) is 5.57. The molecule has 6 heteroatoms. The summed E-state index contributed by atoms with van der Waals surface area (Å²) in [5.74, 6) is -1.41. The Balaban J connectivity index is 1.41. The van der Waals surface area contributed by atoms with E-state index in [1.807, 2.05) is 0 Å². The van der Waals surface area contributed by atoms with Crippen molar-refractivity contribution < 1.29 is 14.0 Å². The fourth-order valence-corrected chi connectivity index (χ4v) is 3.37. The van der Waals surface area contributed by atoms with Gasteiger partial charge >= 0.3 is 0 Å². The minimum absolute atomic E-state index is 0.0418. The van der Waals surface area contributed by atoms with Gasteiger partial charge in [0.25, 0.3) is 0 Å². The van der Waals surface area contributed by atoms with E-state index in [9.17, 15) is 14.0 Å². The lowest BCUT2D eigenvalue weighted by Crippen LogP contribution is -2.28. The average molecular weight is 365 g/mol. The Labute approximate surface area is 151 Å². The number of amides is 2. The first kappa shape index (κ1) is 17.9. The second kappa shape index (κ2) is 8.00. The highest BCUT2D eigenvalue weighted by Crippen LogP contribution is 2.39. The maximum Gasteiger partial charge on any atom is 0.228 e. The normalized spacial score (nSPS) is 22.1. The van der Waals surface area contributed by atoms with Crippen LogP contribution in [0.2, 0.25) is 5.02 Å². The van der Waals surface area contributed by atoms with Gasteiger partial charge in [-0.05, 0) is 56.7 Å². The molecule has 25 heavy (non-hydrogen) atoms. The molecular weight excluding hydrogens is 343 g/mol. The smallest absolute Gasteiger partial charge is 0.228 e. The van der Waals surface area contributed by atoms with Gasteiger partial charge in [-0.3, -0.25) is 9.59 Å². The molecule has 2 unspecified atom stereocenters. The Morgan fingerprint density at radius 1 is 1.20 bits per heavy atom. The highest BCUT2D eigenvalue weighted by Gasteiger charge is 2.47. The van der Waals surface area contributed by atoms with Gasteiger partial charge in [0, 0.05) is 12.2 Å². The lowest BCUT2D eigenvalue weighted by molar-refractivity contribution is -0.125. The molecular formula is C19H22ClFN2O2. The van der Waals surface area contributed by atoms with Crippen LogP contribution in [0.1, 0.15) is 38.5 Å². The molecule has 2 atom stereocenters. The Kier molecular flexibility index (Phi) is 5.74. The van der Waals surface area contributed by atoms with Gasteiger partial charge in [-0.25, -0.2) is 4.39 Å². The van der Waals surface area contributed by atoms with Crippen molar-refractivity contribution in [1.29, 1.82) is 0 Å². The highest BCUT2D eigenvalue weighted by molar-refractivity contribution is 6.31. The van der Waals surface area contributed by atoms with Crippen LogP contribution in [-0.2, 0) is 9.59 Å². The predicted octanol–water partition coefficient (Wildman–Crippen LogP) is 4.06. The monoisotopic (exact) mass is 364 g/mol. The van der Waals surface area contributed by atoms with Crippen molar-refractivity contribution in [2.24, 2.45) is 11.8 Å². The van der Waals surface area contributed by atoms with Crippen LogP contribution in [0.15, 0.2) is 29.8 Å². The SMILES string of the molecule is O=C(NCCC1=CCCCC1)C1CC1C(=O)Nc1ccc(F)c(Cl)c1. The number of rotatable bonds is 6. The van der Waals surface area contributed by atoms with Crippen LogP contribution < -0.4 is 10.6 Å². The summed E-state index contributed by atoms with van der Waals surface area (Å²) < 4.78 is 13.1. The third-order valence-corrected chi connectivity index (χ3v) is 5.07.